The number of hydrogen-bond acceptors (Lipinski definition) is 2. The third-order valence-corrected chi connectivity index (χ3v) is 4.24. The molecule has 2 fully saturated rings. The Morgan fingerprint density at radius 3 is 2.80 bits per heavy atom. The second kappa shape index (κ2) is 5.31. The summed E-state index contributed by atoms with van der Waals surface area (Å²) in [6.07, 6.45) is 7.04. The monoisotopic (exact) mass is 210 g/mol. The van der Waals surface area contributed by atoms with Crippen molar-refractivity contribution in [3.8, 4) is 0 Å². The van der Waals surface area contributed by atoms with Crippen molar-refractivity contribution in [1.82, 2.24) is 10.2 Å². The van der Waals surface area contributed by atoms with Crippen LogP contribution in [0, 0.1) is 5.92 Å². The third kappa shape index (κ3) is 2.94. The lowest BCUT2D eigenvalue weighted by molar-refractivity contribution is 0.253. The topological polar surface area (TPSA) is 15.3 Å². The molecule has 1 aliphatic carbocycles. The van der Waals surface area contributed by atoms with Crippen LogP contribution in [0.3, 0.4) is 0 Å². The molecule has 1 N–H and O–H groups in total. The van der Waals surface area contributed by atoms with Gasteiger partial charge in [0.1, 0.15) is 0 Å². The average Bonchev–Trinajstić information content (AvgIpc) is 2.83. The molecule has 15 heavy (non-hydrogen) atoms. The maximum Gasteiger partial charge on any atom is 0.0221 e. The molecule has 0 aromatic heterocycles. The van der Waals surface area contributed by atoms with Gasteiger partial charge < -0.3 is 5.32 Å². The summed E-state index contributed by atoms with van der Waals surface area (Å²) in [4.78, 5) is 2.63. The Hall–Kier alpha value is -0.0800. The molecule has 2 heteroatoms. The normalized spacial score (nSPS) is 37.6. The van der Waals surface area contributed by atoms with Crippen molar-refractivity contribution in [2.45, 2.75) is 58.0 Å². The summed E-state index contributed by atoms with van der Waals surface area (Å²) in [6.45, 7) is 8.45. The van der Waals surface area contributed by atoms with E-state index >= 15 is 0 Å². The largest absolute Gasteiger partial charge is 0.312 e. The standard InChI is InChI=1S/C13H26N2/c1-3-15-8-4-5-13(15)10-14-12-7-6-11(2)9-12/h11-14H,3-10H2,1-2H3/t11-,12-,13+/m0/s1. The lowest BCUT2D eigenvalue weighted by Gasteiger charge is -2.24. The second-order valence-corrected chi connectivity index (χ2v) is 5.45. The first-order valence-corrected chi connectivity index (χ1v) is 6.77. The van der Waals surface area contributed by atoms with Gasteiger partial charge in [-0.2, -0.15) is 0 Å². The predicted octanol–water partition coefficient (Wildman–Crippen LogP) is 2.25. The molecule has 0 amide bonds. The Bertz CT molecular complexity index is 193. The Kier molecular flexibility index (Phi) is 4.04. The van der Waals surface area contributed by atoms with Crippen LogP contribution in [0.5, 0.6) is 0 Å². The molecule has 0 aromatic rings. The minimum absolute atomic E-state index is 0.819. The number of likely N-dealkylation sites (tertiary alicyclic amines) is 1. The molecule has 2 rings (SSSR count). The zero-order chi connectivity index (χ0) is 10.7. The molecule has 0 unspecified atom stereocenters. The van der Waals surface area contributed by atoms with Crippen molar-refractivity contribution in [3.05, 3.63) is 0 Å². The maximum atomic E-state index is 3.78. The predicted molar refractivity (Wildman–Crippen MR) is 65.1 cm³/mol. The van der Waals surface area contributed by atoms with Gasteiger partial charge in [-0.3, -0.25) is 4.90 Å². The van der Waals surface area contributed by atoms with Crippen molar-refractivity contribution >= 4 is 0 Å². The van der Waals surface area contributed by atoms with Crippen LogP contribution in [0.2, 0.25) is 0 Å². The van der Waals surface area contributed by atoms with E-state index in [9.17, 15) is 0 Å². The van der Waals surface area contributed by atoms with E-state index in [1.165, 1.54) is 51.7 Å². The fourth-order valence-electron chi connectivity index (χ4n) is 3.24. The highest BCUT2D eigenvalue weighted by Gasteiger charge is 2.25. The maximum absolute atomic E-state index is 3.78. The van der Waals surface area contributed by atoms with Gasteiger partial charge >= 0.3 is 0 Å². The summed E-state index contributed by atoms with van der Waals surface area (Å²) in [5.41, 5.74) is 0. The molecule has 0 spiro atoms. The Balaban J connectivity index is 1.68. The summed E-state index contributed by atoms with van der Waals surface area (Å²) in [5, 5.41) is 3.78. The van der Waals surface area contributed by atoms with Gasteiger partial charge in [0, 0.05) is 18.6 Å². The summed E-state index contributed by atoms with van der Waals surface area (Å²) in [5.74, 6) is 0.952. The van der Waals surface area contributed by atoms with E-state index in [1.54, 1.807) is 0 Å². The summed E-state index contributed by atoms with van der Waals surface area (Å²) >= 11 is 0. The smallest absolute Gasteiger partial charge is 0.0221 e. The molecule has 1 heterocycles. The lowest BCUT2D eigenvalue weighted by atomic mass is 10.1. The van der Waals surface area contributed by atoms with Gasteiger partial charge in [-0.05, 0) is 51.1 Å². The van der Waals surface area contributed by atoms with Gasteiger partial charge in [0.25, 0.3) is 0 Å². The molecule has 1 saturated heterocycles. The van der Waals surface area contributed by atoms with Crippen LogP contribution in [-0.2, 0) is 0 Å². The number of rotatable bonds is 4. The van der Waals surface area contributed by atoms with E-state index in [-0.39, 0.29) is 0 Å². The van der Waals surface area contributed by atoms with Crippen molar-refractivity contribution in [1.29, 1.82) is 0 Å². The first-order valence-electron chi connectivity index (χ1n) is 6.77. The fourth-order valence-corrected chi connectivity index (χ4v) is 3.24. The summed E-state index contributed by atoms with van der Waals surface area (Å²) in [7, 11) is 0. The molecular formula is C13H26N2. The van der Waals surface area contributed by atoms with Crippen LogP contribution < -0.4 is 5.32 Å². The van der Waals surface area contributed by atoms with Crippen LogP contribution >= 0.6 is 0 Å². The van der Waals surface area contributed by atoms with Crippen molar-refractivity contribution < 1.29 is 0 Å². The molecule has 2 nitrogen and oxygen atoms in total. The SMILES string of the molecule is CCN1CCC[C@@H]1CN[C@H]1CC[C@H](C)C1. The zero-order valence-corrected chi connectivity index (χ0v) is 10.3. The molecule has 1 aliphatic heterocycles. The third-order valence-electron chi connectivity index (χ3n) is 4.24. The molecule has 2 aliphatic rings. The molecule has 0 aromatic carbocycles. The van der Waals surface area contributed by atoms with Crippen LogP contribution in [-0.4, -0.2) is 36.6 Å². The van der Waals surface area contributed by atoms with E-state index in [0.29, 0.717) is 0 Å². The second-order valence-electron chi connectivity index (χ2n) is 5.45. The molecule has 0 bridgehead atoms. The minimum Gasteiger partial charge on any atom is -0.312 e. The number of hydrogen-bond donors (Lipinski definition) is 1. The zero-order valence-electron chi connectivity index (χ0n) is 10.3. The number of nitrogens with zero attached hydrogens (tertiary/aromatic N) is 1. The van der Waals surface area contributed by atoms with Gasteiger partial charge in [-0.25, -0.2) is 0 Å². The molecule has 88 valence electrons. The minimum atomic E-state index is 0.819. The highest BCUT2D eigenvalue weighted by molar-refractivity contribution is 4.84. The van der Waals surface area contributed by atoms with Crippen LogP contribution in [0.1, 0.15) is 46.0 Å². The van der Waals surface area contributed by atoms with Crippen LogP contribution in [0.15, 0.2) is 0 Å². The van der Waals surface area contributed by atoms with Crippen molar-refractivity contribution in [2.24, 2.45) is 5.92 Å². The molecule has 3 atom stereocenters. The average molecular weight is 210 g/mol. The van der Waals surface area contributed by atoms with Crippen molar-refractivity contribution in [2.75, 3.05) is 19.6 Å². The van der Waals surface area contributed by atoms with E-state index < -0.39 is 0 Å². The van der Waals surface area contributed by atoms with E-state index in [0.717, 1.165) is 18.0 Å². The van der Waals surface area contributed by atoms with Crippen LogP contribution in [0.4, 0.5) is 0 Å². The van der Waals surface area contributed by atoms with E-state index in [4.69, 9.17) is 0 Å². The van der Waals surface area contributed by atoms with E-state index in [2.05, 4.69) is 24.1 Å². The quantitative estimate of drug-likeness (QED) is 0.765. The van der Waals surface area contributed by atoms with Gasteiger partial charge in [-0.1, -0.05) is 13.8 Å². The molecule has 0 radical (unpaired) electrons. The van der Waals surface area contributed by atoms with Crippen LogP contribution in [0.25, 0.3) is 0 Å². The Labute approximate surface area is 94.4 Å². The molecule has 1 saturated carbocycles. The van der Waals surface area contributed by atoms with Gasteiger partial charge in [0.2, 0.25) is 0 Å². The van der Waals surface area contributed by atoms with Gasteiger partial charge in [0.05, 0.1) is 0 Å². The Morgan fingerprint density at radius 2 is 2.13 bits per heavy atom. The first kappa shape index (κ1) is 11.4. The van der Waals surface area contributed by atoms with Gasteiger partial charge in [0.15, 0.2) is 0 Å². The summed E-state index contributed by atoms with van der Waals surface area (Å²) in [6, 6.07) is 1.64. The highest BCUT2D eigenvalue weighted by Crippen LogP contribution is 2.25. The molecular weight excluding hydrogens is 184 g/mol. The number of likely N-dealkylation sites (N-methyl/N-ethyl adjacent to an activating group) is 1. The lowest BCUT2D eigenvalue weighted by Crippen LogP contribution is -2.41. The number of nitrogens with one attached hydrogen (secondary N) is 1. The first-order chi connectivity index (χ1) is 7.29. The highest BCUT2D eigenvalue weighted by atomic mass is 15.2. The van der Waals surface area contributed by atoms with E-state index in [1.807, 2.05) is 0 Å². The summed E-state index contributed by atoms with van der Waals surface area (Å²) < 4.78 is 0. The fraction of sp³-hybridized carbons (Fsp3) is 1.00. The van der Waals surface area contributed by atoms with Crippen molar-refractivity contribution in [3.63, 3.8) is 0 Å². The van der Waals surface area contributed by atoms with Gasteiger partial charge in [-0.15, -0.1) is 0 Å². The Morgan fingerprint density at radius 1 is 1.27 bits per heavy atom.